The van der Waals surface area contributed by atoms with Crippen molar-refractivity contribution in [3.05, 3.63) is 0 Å². The molecule has 1 aliphatic rings. The molecule has 6 nitrogen and oxygen atoms in total. The molecule has 0 radical (unpaired) electrons. The normalized spacial score (nSPS) is 18.7. The molecule has 1 heterocycles. The molecular weight excluding hydrogens is 292 g/mol. The Hall–Kier alpha value is -0.660. The van der Waals surface area contributed by atoms with Crippen molar-refractivity contribution in [3.63, 3.8) is 0 Å². The average molecular weight is 320 g/mol. The highest BCUT2D eigenvalue weighted by Gasteiger charge is 2.31. The van der Waals surface area contributed by atoms with Gasteiger partial charge in [0, 0.05) is 31.0 Å². The number of carbonyl (C=O) groups is 1. The van der Waals surface area contributed by atoms with Crippen molar-refractivity contribution < 1.29 is 18.3 Å². The second-order valence-corrected chi connectivity index (χ2v) is 8.00. The fraction of sp³-hybridized carbons (Fsp3) is 0.929. The molecule has 1 aliphatic heterocycles. The molecule has 0 aromatic carbocycles. The van der Waals surface area contributed by atoms with E-state index in [1.54, 1.807) is 0 Å². The van der Waals surface area contributed by atoms with Crippen molar-refractivity contribution in [1.29, 1.82) is 0 Å². The SMILES string of the molecule is CCC(CC)(CO)CNC(=O)C1CCN(S(C)(=O)=O)CC1. The van der Waals surface area contributed by atoms with Gasteiger partial charge < -0.3 is 10.4 Å². The van der Waals surface area contributed by atoms with E-state index in [1.807, 2.05) is 13.8 Å². The van der Waals surface area contributed by atoms with Crippen LogP contribution >= 0.6 is 0 Å². The molecular formula is C14H28N2O4S. The third kappa shape index (κ3) is 4.93. The fourth-order valence-electron chi connectivity index (χ4n) is 2.65. The number of nitrogens with zero attached hydrogens (tertiary/aromatic N) is 1. The lowest BCUT2D eigenvalue weighted by molar-refractivity contribution is -0.126. The standard InChI is InChI=1S/C14H28N2O4S/c1-4-14(5-2,11-17)10-15-13(18)12-6-8-16(9-7-12)21(3,19)20/h12,17H,4-11H2,1-3H3,(H,15,18). The number of aliphatic hydroxyl groups excluding tert-OH is 1. The summed E-state index contributed by atoms with van der Waals surface area (Å²) in [4.78, 5) is 12.2. The van der Waals surface area contributed by atoms with Crippen molar-refractivity contribution in [3.8, 4) is 0 Å². The molecule has 0 spiro atoms. The van der Waals surface area contributed by atoms with Crippen LogP contribution < -0.4 is 5.32 Å². The highest BCUT2D eigenvalue weighted by Crippen LogP contribution is 2.25. The second-order valence-electron chi connectivity index (χ2n) is 6.02. The van der Waals surface area contributed by atoms with Gasteiger partial charge in [-0.3, -0.25) is 4.79 Å². The van der Waals surface area contributed by atoms with Gasteiger partial charge in [-0.15, -0.1) is 0 Å². The van der Waals surface area contributed by atoms with Gasteiger partial charge in [-0.05, 0) is 25.7 Å². The number of nitrogens with one attached hydrogen (secondary N) is 1. The molecule has 124 valence electrons. The summed E-state index contributed by atoms with van der Waals surface area (Å²) in [5.74, 6) is -0.156. The van der Waals surface area contributed by atoms with Crippen LogP contribution in [-0.4, -0.2) is 56.2 Å². The zero-order valence-electron chi connectivity index (χ0n) is 13.3. The van der Waals surface area contributed by atoms with Crippen LogP contribution in [0.4, 0.5) is 0 Å². The molecule has 0 saturated carbocycles. The van der Waals surface area contributed by atoms with Gasteiger partial charge in [-0.25, -0.2) is 12.7 Å². The lowest BCUT2D eigenvalue weighted by atomic mass is 9.83. The molecule has 0 aromatic heterocycles. The Morgan fingerprint density at radius 3 is 2.19 bits per heavy atom. The van der Waals surface area contributed by atoms with Crippen molar-refractivity contribution in [2.75, 3.05) is 32.5 Å². The maximum absolute atomic E-state index is 12.2. The predicted octanol–water partition coefficient (Wildman–Crippen LogP) is 0.573. The lowest BCUT2D eigenvalue weighted by Crippen LogP contribution is -2.45. The number of carbonyl (C=O) groups excluding carboxylic acids is 1. The van der Waals surface area contributed by atoms with E-state index < -0.39 is 10.0 Å². The van der Waals surface area contributed by atoms with Crippen molar-refractivity contribution in [1.82, 2.24) is 9.62 Å². The Balaban J connectivity index is 2.48. The van der Waals surface area contributed by atoms with Gasteiger partial charge in [0.1, 0.15) is 0 Å². The molecule has 2 N–H and O–H groups in total. The van der Waals surface area contributed by atoms with Gasteiger partial charge in [0.05, 0.1) is 12.9 Å². The molecule has 0 bridgehead atoms. The minimum absolute atomic E-state index is 0.0251. The van der Waals surface area contributed by atoms with E-state index in [-0.39, 0.29) is 23.8 Å². The molecule has 1 rings (SSSR count). The van der Waals surface area contributed by atoms with E-state index in [0.29, 0.717) is 32.5 Å². The summed E-state index contributed by atoms with van der Waals surface area (Å²) < 4.78 is 24.3. The maximum atomic E-state index is 12.2. The topological polar surface area (TPSA) is 86.7 Å². The lowest BCUT2D eigenvalue weighted by Gasteiger charge is -2.32. The number of rotatable bonds is 7. The molecule has 0 aliphatic carbocycles. The quantitative estimate of drug-likeness (QED) is 0.718. The fourth-order valence-corrected chi connectivity index (χ4v) is 3.52. The van der Waals surface area contributed by atoms with Gasteiger partial charge in [-0.2, -0.15) is 0 Å². The molecule has 0 aromatic rings. The van der Waals surface area contributed by atoms with E-state index in [0.717, 1.165) is 12.8 Å². The molecule has 1 fully saturated rings. The average Bonchev–Trinajstić information content (AvgIpc) is 2.48. The van der Waals surface area contributed by atoms with E-state index in [2.05, 4.69) is 5.32 Å². The first-order valence-corrected chi connectivity index (χ1v) is 9.46. The number of hydrogen-bond donors (Lipinski definition) is 2. The molecule has 21 heavy (non-hydrogen) atoms. The van der Waals surface area contributed by atoms with Crippen molar-refractivity contribution >= 4 is 15.9 Å². The van der Waals surface area contributed by atoms with Crippen LogP contribution in [0, 0.1) is 11.3 Å². The number of aliphatic hydroxyl groups is 1. The van der Waals surface area contributed by atoms with Gasteiger partial charge in [-0.1, -0.05) is 13.8 Å². The maximum Gasteiger partial charge on any atom is 0.223 e. The van der Waals surface area contributed by atoms with Crippen LogP contribution in [0.1, 0.15) is 39.5 Å². The Bertz CT molecular complexity index is 430. The van der Waals surface area contributed by atoms with E-state index in [1.165, 1.54) is 10.6 Å². The third-order valence-electron chi connectivity index (χ3n) is 4.77. The van der Waals surface area contributed by atoms with Crippen LogP contribution in [0.5, 0.6) is 0 Å². The smallest absolute Gasteiger partial charge is 0.223 e. The van der Waals surface area contributed by atoms with E-state index in [4.69, 9.17) is 0 Å². The molecule has 1 amide bonds. The second kappa shape index (κ2) is 7.56. The summed E-state index contributed by atoms with van der Waals surface area (Å²) in [6.45, 7) is 5.37. The van der Waals surface area contributed by atoms with Gasteiger partial charge in [0.25, 0.3) is 0 Å². The minimum Gasteiger partial charge on any atom is -0.396 e. The Morgan fingerprint density at radius 1 is 1.29 bits per heavy atom. The Labute approximate surface area is 128 Å². The van der Waals surface area contributed by atoms with Crippen molar-refractivity contribution in [2.24, 2.45) is 11.3 Å². The van der Waals surface area contributed by atoms with Crippen LogP contribution in [0.3, 0.4) is 0 Å². The number of hydrogen-bond acceptors (Lipinski definition) is 4. The van der Waals surface area contributed by atoms with Crippen LogP contribution in [0.2, 0.25) is 0 Å². The highest BCUT2D eigenvalue weighted by molar-refractivity contribution is 7.88. The first kappa shape index (κ1) is 18.4. The zero-order chi connectivity index (χ0) is 16.1. The van der Waals surface area contributed by atoms with Crippen molar-refractivity contribution in [2.45, 2.75) is 39.5 Å². The van der Waals surface area contributed by atoms with Gasteiger partial charge in [0.15, 0.2) is 0 Å². The minimum atomic E-state index is -3.15. The zero-order valence-corrected chi connectivity index (χ0v) is 14.1. The van der Waals surface area contributed by atoms with Crippen LogP contribution in [-0.2, 0) is 14.8 Å². The third-order valence-corrected chi connectivity index (χ3v) is 6.07. The first-order chi connectivity index (χ1) is 9.78. The summed E-state index contributed by atoms with van der Waals surface area (Å²) in [6.07, 6.45) is 3.94. The predicted molar refractivity (Wildman–Crippen MR) is 82.3 cm³/mol. The molecule has 0 atom stereocenters. The summed E-state index contributed by atoms with van der Waals surface area (Å²) in [6, 6.07) is 0. The molecule has 7 heteroatoms. The number of amides is 1. The highest BCUT2D eigenvalue weighted by atomic mass is 32.2. The van der Waals surface area contributed by atoms with E-state index >= 15 is 0 Å². The van der Waals surface area contributed by atoms with Crippen LogP contribution in [0.15, 0.2) is 0 Å². The van der Waals surface area contributed by atoms with Gasteiger partial charge in [0.2, 0.25) is 15.9 Å². The Morgan fingerprint density at radius 2 is 1.81 bits per heavy atom. The monoisotopic (exact) mass is 320 g/mol. The Kier molecular flexibility index (Phi) is 6.62. The summed E-state index contributed by atoms with van der Waals surface area (Å²) >= 11 is 0. The summed E-state index contributed by atoms with van der Waals surface area (Å²) in [5, 5.41) is 12.4. The van der Waals surface area contributed by atoms with Crippen LogP contribution in [0.25, 0.3) is 0 Å². The number of sulfonamides is 1. The van der Waals surface area contributed by atoms with Gasteiger partial charge >= 0.3 is 0 Å². The molecule has 1 saturated heterocycles. The summed E-state index contributed by atoms with van der Waals surface area (Å²) in [5.41, 5.74) is -0.247. The van der Waals surface area contributed by atoms with E-state index in [9.17, 15) is 18.3 Å². The first-order valence-electron chi connectivity index (χ1n) is 7.61. The number of piperidine rings is 1. The largest absolute Gasteiger partial charge is 0.396 e. The molecule has 0 unspecified atom stereocenters. The summed E-state index contributed by atoms with van der Waals surface area (Å²) in [7, 11) is -3.15.